The van der Waals surface area contributed by atoms with E-state index in [0.29, 0.717) is 18.8 Å². The van der Waals surface area contributed by atoms with E-state index < -0.39 is 0 Å². The first-order chi connectivity index (χ1) is 10.3. The second kappa shape index (κ2) is 5.83. The summed E-state index contributed by atoms with van der Waals surface area (Å²) < 4.78 is 4.92. The van der Waals surface area contributed by atoms with Crippen molar-refractivity contribution in [1.29, 1.82) is 0 Å². The maximum Gasteiger partial charge on any atom is 0.354 e. The summed E-state index contributed by atoms with van der Waals surface area (Å²) in [4.78, 5) is 14.1. The van der Waals surface area contributed by atoms with Crippen molar-refractivity contribution in [2.75, 3.05) is 7.11 Å². The molecule has 1 aliphatic heterocycles. The van der Waals surface area contributed by atoms with Crippen molar-refractivity contribution >= 4 is 12.0 Å². The van der Waals surface area contributed by atoms with Gasteiger partial charge in [0, 0.05) is 13.1 Å². The zero-order chi connectivity index (χ0) is 14.7. The van der Waals surface area contributed by atoms with Gasteiger partial charge in [0.25, 0.3) is 0 Å². The average Bonchev–Trinajstić information content (AvgIpc) is 2.54. The first-order valence-corrected chi connectivity index (χ1v) is 6.95. The molecule has 3 rings (SSSR count). The zero-order valence-corrected chi connectivity index (χ0v) is 12.0. The number of carbonyl (C=O) groups is 1. The van der Waals surface area contributed by atoms with E-state index >= 15 is 0 Å². The molecule has 0 N–H and O–H groups in total. The van der Waals surface area contributed by atoms with Gasteiger partial charge < -0.3 is 9.64 Å². The van der Waals surface area contributed by atoms with Gasteiger partial charge in [-0.15, -0.1) is 0 Å². The van der Waals surface area contributed by atoms with Crippen LogP contribution in [-0.2, 0) is 22.6 Å². The Morgan fingerprint density at radius 3 is 2.57 bits per heavy atom. The quantitative estimate of drug-likeness (QED) is 0.808. The summed E-state index contributed by atoms with van der Waals surface area (Å²) in [5, 5.41) is 0. The second-order valence-electron chi connectivity index (χ2n) is 5.06. The third-order valence-electron chi connectivity index (χ3n) is 3.66. The zero-order valence-electron chi connectivity index (χ0n) is 12.0. The molecule has 0 saturated carbocycles. The predicted octanol–water partition coefficient (Wildman–Crippen LogP) is 3.22. The number of carbonyl (C=O) groups excluding carboxylic acids is 1. The molecule has 0 saturated heterocycles. The van der Waals surface area contributed by atoms with Crippen molar-refractivity contribution in [3.05, 3.63) is 77.0 Å². The van der Waals surface area contributed by atoms with Crippen molar-refractivity contribution in [3.63, 3.8) is 0 Å². The Hall–Kier alpha value is -2.55. The van der Waals surface area contributed by atoms with E-state index in [4.69, 9.17) is 4.74 Å². The van der Waals surface area contributed by atoms with E-state index in [9.17, 15) is 4.79 Å². The second-order valence-corrected chi connectivity index (χ2v) is 5.06. The van der Waals surface area contributed by atoms with Gasteiger partial charge >= 0.3 is 5.97 Å². The highest BCUT2D eigenvalue weighted by Crippen LogP contribution is 2.26. The number of hydrogen-bond donors (Lipinski definition) is 0. The van der Waals surface area contributed by atoms with Crippen LogP contribution in [0.15, 0.2) is 60.3 Å². The monoisotopic (exact) mass is 279 g/mol. The van der Waals surface area contributed by atoms with Gasteiger partial charge in [-0.1, -0.05) is 54.6 Å². The Morgan fingerprint density at radius 1 is 1.10 bits per heavy atom. The molecule has 0 unspecified atom stereocenters. The summed E-state index contributed by atoms with van der Waals surface area (Å²) >= 11 is 0. The molecule has 3 nitrogen and oxygen atoms in total. The number of benzene rings is 2. The molecule has 0 atom stereocenters. The van der Waals surface area contributed by atoms with Crippen LogP contribution in [0.25, 0.3) is 6.08 Å². The molecule has 0 amide bonds. The molecule has 0 fully saturated rings. The van der Waals surface area contributed by atoms with Crippen molar-refractivity contribution in [2.24, 2.45) is 0 Å². The molecular formula is C18H17NO2. The molecule has 2 aromatic rings. The molecule has 0 bridgehead atoms. The van der Waals surface area contributed by atoms with Gasteiger partial charge in [0.2, 0.25) is 0 Å². The number of hydrogen-bond acceptors (Lipinski definition) is 3. The maximum atomic E-state index is 12.0. The molecule has 0 spiro atoms. The summed E-state index contributed by atoms with van der Waals surface area (Å²) in [7, 11) is 1.42. The van der Waals surface area contributed by atoms with Gasteiger partial charge in [-0.2, -0.15) is 0 Å². The minimum atomic E-state index is -0.291. The van der Waals surface area contributed by atoms with Gasteiger partial charge in [-0.05, 0) is 22.8 Å². The third kappa shape index (κ3) is 2.82. The fraction of sp³-hybridized carbons (Fsp3) is 0.167. The number of esters is 1. The standard InChI is InChI=1S/C18H17NO2/c1-21-18(20)17-11-15-9-5-6-10-16(15)13-19(17)12-14-7-3-2-4-8-14/h2-11H,12-13H2,1H3. The Balaban J connectivity index is 1.94. The van der Waals surface area contributed by atoms with E-state index in [1.54, 1.807) is 0 Å². The van der Waals surface area contributed by atoms with E-state index in [0.717, 1.165) is 5.56 Å². The Morgan fingerprint density at radius 2 is 1.81 bits per heavy atom. The topological polar surface area (TPSA) is 29.5 Å². The van der Waals surface area contributed by atoms with Crippen LogP contribution in [-0.4, -0.2) is 18.0 Å². The van der Waals surface area contributed by atoms with Crippen LogP contribution < -0.4 is 0 Å². The molecular weight excluding hydrogens is 262 g/mol. The first kappa shape index (κ1) is 13.4. The van der Waals surface area contributed by atoms with Crippen molar-refractivity contribution in [3.8, 4) is 0 Å². The van der Waals surface area contributed by atoms with Gasteiger partial charge in [-0.3, -0.25) is 0 Å². The van der Waals surface area contributed by atoms with Gasteiger partial charge in [0.05, 0.1) is 7.11 Å². The average molecular weight is 279 g/mol. The summed E-state index contributed by atoms with van der Waals surface area (Å²) in [6.07, 6.45) is 1.91. The van der Waals surface area contributed by atoms with E-state index in [1.165, 1.54) is 18.2 Å². The SMILES string of the molecule is COC(=O)C1=Cc2ccccc2CN1Cc1ccccc1. The van der Waals surface area contributed by atoms with Gasteiger partial charge in [0.15, 0.2) is 0 Å². The summed E-state index contributed by atoms with van der Waals surface area (Å²) in [6.45, 7) is 1.40. The van der Waals surface area contributed by atoms with E-state index in [2.05, 4.69) is 23.1 Å². The van der Waals surface area contributed by atoms with Crippen molar-refractivity contribution in [2.45, 2.75) is 13.1 Å². The Kier molecular flexibility index (Phi) is 3.73. The molecule has 0 aliphatic carbocycles. The van der Waals surface area contributed by atoms with Crippen LogP contribution in [0.4, 0.5) is 0 Å². The van der Waals surface area contributed by atoms with Crippen molar-refractivity contribution in [1.82, 2.24) is 4.90 Å². The fourth-order valence-corrected chi connectivity index (χ4v) is 2.59. The highest BCUT2D eigenvalue weighted by atomic mass is 16.5. The minimum absolute atomic E-state index is 0.291. The third-order valence-corrected chi connectivity index (χ3v) is 3.66. The highest BCUT2D eigenvalue weighted by molar-refractivity contribution is 5.93. The van der Waals surface area contributed by atoms with Crippen LogP contribution >= 0.6 is 0 Å². The molecule has 3 heteroatoms. The van der Waals surface area contributed by atoms with Crippen LogP contribution in [0.2, 0.25) is 0 Å². The number of ether oxygens (including phenoxy) is 1. The normalized spacial score (nSPS) is 13.4. The lowest BCUT2D eigenvalue weighted by Crippen LogP contribution is -2.30. The Bertz CT molecular complexity index is 677. The molecule has 1 heterocycles. The van der Waals surface area contributed by atoms with E-state index in [1.807, 2.05) is 42.5 Å². The van der Waals surface area contributed by atoms with Crippen molar-refractivity contribution < 1.29 is 9.53 Å². The van der Waals surface area contributed by atoms with Crippen LogP contribution in [0.1, 0.15) is 16.7 Å². The molecule has 1 aliphatic rings. The van der Waals surface area contributed by atoms with Crippen LogP contribution in [0, 0.1) is 0 Å². The van der Waals surface area contributed by atoms with Crippen LogP contribution in [0.5, 0.6) is 0 Å². The number of nitrogens with zero attached hydrogens (tertiary/aromatic N) is 1. The number of rotatable bonds is 3. The van der Waals surface area contributed by atoms with E-state index in [-0.39, 0.29) is 5.97 Å². The lowest BCUT2D eigenvalue weighted by molar-refractivity contribution is -0.138. The molecule has 0 radical (unpaired) electrons. The number of methoxy groups -OCH3 is 1. The summed E-state index contributed by atoms with van der Waals surface area (Å²) in [5.74, 6) is -0.291. The summed E-state index contributed by atoms with van der Waals surface area (Å²) in [6, 6.07) is 18.3. The van der Waals surface area contributed by atoms with Gasteiger partial charge in [0.1, 0.15) is 5.70 Å². The maximum absolute atomic E-state index is 12.0. The molecule has 2 aromatic carbocycles. The minimum Gasteiger partial charge on any atom is -0.464 e. The summed E-state index contributed by atoms with van der Waals surface area (Å²) in [5.41, 5.74) is 4.09. The molecule has 0 aromatic heterocycles. The lowest BCUT2D eigenvalue weighted by atomic mass is 10.0. The number of fused-ring (bicyclic) bond motifs is 1. The molecule has 21 heavy (non-hydrogen) atoms. The lowest BCUT2D eigenvalue weighted by Gasteiger charge is -2.30. The smallest absolute Gasteiger partial charge is 0.354 e. The van der Waals surface area contributed by atoms with Crippen LogP contribution in [0.3, 0.4) is 0 Å². The largest absolute Gasteiger partial charge is 0.464 e. The molecule has 106 valence electrons. The fourth-order valence-electron chi connectivity index (χ4n) is 2.59. The van der Waals surface area contributed by atoms with Gasteiger partial charge in [-0.25, -0.2) is 4.79 Å². The first-order valence-electron chi connectivity index (χ1n) is 6.95. The Labute approximate surface area is 124 Å². The highest BCUT2D eigenvalue weighted by Gasteiger charge is 2.23. The predicted molar refractivity (Wildman–Crippen MR) is 82.1 cm³/mol.